The molecule has 1 spiro atoms. The Kier molecular flexibility index (Phi) is 5.89. The molecule has 2 aromatic rings. The monoisotopic (exact) mass is 425 g/mol. The highest BCUT2D eigenvalue weighted by Crippen LogP contribution is 2.53. The van der Waals surface area contributed by atoms with Crippen molar-refractivity contribution in [3.8, 4) is 11.3 Å². The number of hydrogen-bond donors (Lipinski definition) is 0. The third kappa shape index (κ3) is 4.45. The van der Waals surface area contributed by atoms with Gasteiger partial charge in [0.25, 0.3) is 0 Å². The molecule has 1 saturated carbocycles. The maximum Gasteiger partial charge on any atom is 0.0964 e. The van der Waals surface area contributed by atoms with Crippen LogP contribution in [0.5, 0.6) is 0 Å². The maximum absolute atomic E-state index is 4.54. The third-order valence-electron chi connectivity index (χ3n) is 7.72. The summed E-state index contributed by atoms with van der Waals surface area (Å²) in [5, 5.41) is 13.4. The van der Waals surface area contributed by atoms with Crippen LogP contribution in [0.15, 0.2) is 18.3 Å². The highest BCUT2D eigenvalue weighted by atomic mass is 32.2. The second-order valence-electron chi connectivity index (χ2n) is 10.0. The zero-order valence-corrected chi connectivity index (χ0v) is 19.3. The van der Waals surface area contributed by atoms with Gasteiger partial charge in [-0.25, -0.2) is 0 Å². The molecule has 2 saturated heterocycles. The fourth-order valence-electron chi connectivity index (χ4n) is 5.98. The number of thioether (sulfide) groups is 1. The summed E-state index contributed by atoms with van der Waals surface area (Å²) in [6.07, 6.45) is 11.6. The van der Waals surface area contributed by atoms with E-state index in [4.69, 9.17) is 0 Å². The first-order valence-corrected chi connectivity index (χ1v) is 12.9. The summed E-state index contributed by atoms with van der Waals surface area (Å²) in [4.78, 5) is 2.77. The highest BCUT2D eigenvalue weighted by molar-refractivity contribution is 7.99. The molecule has 2 aliphatic heterocycles. The van der Waals surface area contributed by atoms with Crippen molar-refractivity contribution in [3.63, 3.8) is 0 Å². The Balaban J connectivity index is 1.09. The fourth-order valence-corrected chi connectivity index (χ4v) is 7.18. The second kappa shape index (κ2) is 8.62. The van der Waals surface area contributed by atoms with Gasteiger partial charge in [-0.15, -0.1) is 0 Å². The van der Waals surface area contributed by atoms with E-state index in [0.29, 0.717) is 5.41 Å². The minimum atomic E-state index is 0.643. The molecule has 1 aliphatic carbocycles. The first-order chi connectivity index (χ1) is 14.6. The number of piperidine rings is 1. The molecule has 0 unspecified atom stereocenters. The molecular weight excluding hydrogens is 390 g/mol. The van der Waals surface area contributed by atoms with E-state index in [1.165, 1.54) is 69.7 Å². The fraction of sp³-hybridized carbons (Fsp3) is 0.708. The Labute approximate surface area is 185 Å². The maximum atomic E-state index is 4.54. The van der Waals surface area contributed by atoms with Gasteiger partial charge in [0.2, 0.25) is 0 Å². The van der Waals surface area contributed by atoms with E-state index >= 15 is 0 Å². The molecule has 0 amide bonds. The predicted molar refractivity (Wildman–Crippen MR) is 124 cm³/mol. The number of hydrogen-bond acceptors (Lipinski definition) is 5. The molecule has 0 aromatic carbocycles. The van der Waals surface area contributed by atoms with Gasteiger partial charge in [-0.2, -0.15) is 27.1 Å². The van der Waals surface area contributed by atoms with Crippen LogP contribution in [0.2, 0.25) is 0 Å². The third-order valence-corrected chi connectivity index (χ3v) is 8.77. The van der Waals surface area contributed by atoms with Gasteiger partial charge in [-0.3, -0.25) is 4.68 Å². The van der Waals surface area contributed by atoms with Crippen molar-refractivity contribution in [2.45, 2.75) is 51.9 Å². The number of likely N-dealkylation sites (tertiary alicyclic amines) is 1. The van der Waals surface area contributed by atoms with E-state index in [1.54, 1.807) is 0 Å². The molecule has 4 heterocycles. The average molecular weight is 426 g/mol. The Morgan fingerprint density at radius 1 is 1.07 bits per heavy atom. The lowest BCUT2D eigenvalue weighted by Gasteiger charge is -2.53. The van der Waals surface area contributed by atoms with E-state index in [9.17, 15) is 0 Å². The number of rotatable bonds is 5. The molecule has 3 fully saturated rings. The van der Waals surface area contributed by atoms with Crippen molar-refractivity contribution < 1.29 is 0 Å². The Morgan fingerprint density at radius 2 is 1.83 bits per heavy atom. The second-order valence-corrected chi connectivity index (χ2v) is 11.3. The SMILES string of the molecule is Cc1nn(C)cc1-c1ccc(CC2CC3(CCN(CC4CCSCC4)CC3)C2)nn1. The molecule has 0 radical (unpaired) electrons. The van der Waals surface area contributed by atoms with Crippen LogP contribution in [0.3, 0.4) is 0 Å². The van der Waals surface area contributed by atoms with Crippen molar-refractivity contribution >= 4 is 11.8 Å². The van der Waals surface area contributed by atoms with E-state index < -0.39 is 0 Å². The smallest absolute Gasteiger partial charge is 0.0964 e. The van der Waals surface area contributed by atoms with Crippen molar-refractivity contribution in [1.29, 1.82) is 0 Å². The van der Waals surface area contributed by atoms with E-state index in [0.717, 1.165) is 40.9 Å². The molecule has 0 atom stereocenters. The zero-order chi connectivity index (χ0) is 20.6. The van der Waals surface area contributed by atoms with Crippen LogP contribution < -0.4 is 0 Å². The summed E-state index contributed by atoms with van der Waals surface area (Å²) < 4.78 is 1.84. The minimum absolute atomic E-state index is 0.643. The first kappa shape index (κ1) is 20.5. The molecule has 5 nitrogen and oxygen atoms in total. The number of nitrogens with zero attached hydrogens (tertiary/aromatic N) is 5. The molecular formula is C24H35N5S. The lowest BCUT2D eigenvalue weighted by Crippen LogP contribution is -2.48. The molecule has 0 N–H and O–H groups in total. The van der Waals surface area contributed by atoms with E-state index in [1.807, 2.05) is 24.9 Å². The van der Waals surface area contributed by atoms with Crippen LogP contribution >= 0.6 is 11.8 Å². The van der Waals surface area contributed by atoms with Crippen molar-refractivity contribution in [2.24, 2.45) is 24.3 Å². The summed E-state index contributed by atoms with van der Waals surface area (Å²) in [6.45, 7) is 6.04. The summed E-state index contributed by atoms with van der Waals surface area (Å²) in [6, 6.07) is 4.29. The van der Waals surface area contributed by atoms with E-state index in [2.05, 4.69) is 44.1 Å². The first-order valence-electron chi connectivity index (χ1n) is 11.7. The van der Waals surface area contributed by atoms with Gasteiger partial charge in [-0.1, -0.05) is 0 Å². The Hall–Kier alpha value is -1.40. The quantitative estimate of drug-likeness (QED) is 0.712. The Morgan fingerprint density at radius 3 is 2.47 bits per heavy atom. The van der Waals surface area contributed by atoms with Crippen molar-refractivity contribution in [1.82, 2.24) is 24.9 Å². The summed E-state index contributed by atoms with van der Waals surface area (Å²) in [7, 11) is 1.95. The number of aromatic nitrogens is 4. The standard InChI is InChI=1S/C24H35N5S/c1-18-22(17-28(2)27-18)23-4-3-21(25-26-23)13-20-14-24(15-20)7-9-29(10-8-24)16-19-5-11-30-12-6-19/h3-4,17,19-20H,5-16H2,1-2H3. The van der Waals surface area contributed by atoms with Crippen LogP contribution in [-0.2, 0) is 13.5 Å². The van der Waals surface area contributed by atoms with Gasteiger partial charge in [-0.05, 0) is 106 Å². The zero-order valence-electron chi connectivity index (χ0n) is 18.5. The van der Waals surface area contributed by atoms with Crippen LogP contribution in [0.1, 0.15) is 49.9 Å². The van der Waals surface area contributed by atoms with Gasteiger partial charge in [0.05, 0.1) is 17.1 Å². The van der Waals surface area contributed by atoms with Crippen LogP contribution in [0, 0.1) is 24.2 Å². The minimum Gasteiger partial charge on any atom is -0.303 e. The van der Waals surface area contributed by atoms with E-state index in [-0.39, 0.29) is 0 Å². The van der Waals surface area contributed by atoms with Gasteiger partial charge in [0.15, 0.2) is 0 Å². The Bertz CT molecular complexity index is 839. The lowest BCUT2D eigenvalue weighted by atomic mass is 9.56. The molecule has 30 heavy (non-hydrogen) atoms. The van der Waals surface area contributed by atoms with Crippen LogP contribution in [0.25, 0.3) is 11.3 Å². The summed E-state index contributed by atoms with van der Waals surface area (Å²) >= 11 is 2.14. The summed E-state index contributed by atoms with van der Waals surface area (Å²) in [5.41, 5.74) is 4.81. The van der Waals surface area contributed by atoms with Gasteiger partial charge in [0.1, 0.15) is 0 Å². The normalized spacial score (nSPS) is 23.0. The average Bonchev–Trinajstić information content (AvgIpc) is 3.08. The molecule has 0 bridgehead atoms. The number of aryl methyl sites for hydroxylation is 2. The predicted octanol–water partition coefficient (Wildman–Crippen LogP) is 4.36. The van der Waals surface area contributed by atoms with Gasteiger partial charge in [0, 0.05) is 25.4 Å². The summed E-state index contributed by atoms with van der Waals surface area (Å²) in [5.74, 6) is 4.53. The van der Waals surface area contributed by atoms with Crippen molar-refractivity contribution in [2.75, 3.05) is 31.1 Å². The highest BCUT2D eigenvalue weighted by Gasteiger charge is 2.45. The van der Waals surface area contributed by atoms with Gasteiger partial charge < -0.3 is 4.90 Å². The van der Waals surface area contributed by atoms with Crippen molar-refractivity contribution in [3.05, 3.63) is 29.7 Å². The molecule has 3 aliphatic rings. The van der Waals surface area contributed by atoms with Crippen LogP contribution in [0.4, 0.5) is 0 Å². The molecule has 6 heteroatoms. The molecule has 5 rings (SSSR count). The molecule has 162 valence electrons. The lowest BCUT2D eigenvalue weighted by molar-refractivity contribution is -0.0167. The molecule has 2 aromatic heterocycles. The van der Waals surface area contributed by atoms with Gasteiger partial charge >= 0.3 is 0 Å². The largest absolute Gasteiger partial charge is 0.303 e. The topological polar surface area (TPSA) is 46.8 Å². The van der Waals surface area contributed by atoms with Crippen LogP contribution in [-0.4, -0.2) is 56.0 Å².